The molecule has 0 fully saturated rings. The molecule has 0 aliphatic heterocycles. The molecule has 0 atom stereocenters. The summed E-state index contributed by atoms with van der Waals surface area (Å²) in [6.07, 6.45) is 6.76. The third kappa shape index (κ3) is 3.87. The minimum absolute atomic E-state index is 0.0414. The molecule has 1 aromatic carbocycles. The zero-order valence-electron chi connectivity index (χ0n) is 14.9. The molecule has 25 heavy (non-hydrogen) atoms. The summed E-state index contributed by atoms with van der Waals surface area (Å²) in [7, 11) is 1.81. The Morgan fingerprint density at radius 3 is 2.76 bits per heavy atom. The first-order valence-electron chi connectivity index (χ1n) is 8.80. The Morgan fingerprint density at radius 1 is 1.16 bits per heavy atom. The van der Waals surface area contributed by atoms with Crippen molar-refractivity contribution >= 4 is 16.9 Å². The second-order valence-corrected chi connectivity index (χ2v) is 6.28. The summed E-state index contributed by atoms with van der Waals surface area (Å²) in [6, 6.07) is 11.7. The van der Waals surface area contributed by atoms with Gasteiger partial charge >= 0.3 is 0 Å². The fraction of sp³-hybridized carbons (Fsp3) is 0.350. The van der Waals surface area contributed by atoms with Gasteiger partial charge in [-0.25, -0.2) is 4.98 Å². The van der Waals surface area contributed by atoms with E-state index in [0.717, 1.165) is 29.8 Å². The zero-order chi connectivity index (χ0) is 17.6. The molecule has 0 saturated carbocycles. The summed E-state index contributed by atoms with van der Waals surface area (Å²) in [5.74, 6) is 0.886. The second-order valence-electron chi connectivity index (χ2n) is 6.28. The van der Waals surface area contributed by atoms with Gasteiger partial charge in [0.2, 0.25) is 0 Å². The van der Waals surface area contributed by atoms with Crippen LogP contribution in [0.5, 0.6) is 0 Å². The summed E-state index contributed by atoms with van der Waals surface area (Å²) in [4.78, 5) is 23.1. The van der Waals surface area contributed by atoms with Crippen molar-refractivity contribution in [2.24, 2.45) is 0 Å². The van der Waals surface area contributed by atoms with Crippen molar-refractivity contribution < 1.29 is 4.79 Å². The first-order chi connectivity index (χ1) is 12.2. The van der Waals surface area contributed by atoms with Crippen molar-refractivity contribution in [2.75, 3.05) is 7.05 Å². The molecule has 0 unspecified atom stereocenters. The Labute approximate surface area is 148 Å². The number of imidazole rings is 1. The molecule has 2 aromatic heterocycles. The third-order valence-corrected chi connectivity index (χ3v) is 4.35. The lowest BCUT2D eigenvalue weighted by atomic mass is 10.2. The highest BCUT2D eigenvalue weighted by molar-refractivity contribution is 5.93. The Hall–Kier alpha value is -2.69. The number of hydrogen-bond acceptors (Lipinski definition) is 3. The Morgan fingerprint density at radius 2 is 2.00 bits per heavy atom. The number of unbranched alkanes of at least 4 members (excludes halogenated alkanes) is 2. The van der Waals surface area contributed by atoms with E-state index in [1.807, 2.05) is 25.2 Å². The summed E-state index contributed by atoms with van der Waals surface area (Å²) >= 11 is 0. The maximum atomic E-state index is 12.6. The van der Waals surface area contributed by atoms with Gasteiger partial charge in [-0.3, -0.25) is 9.78 Å². The highest BCUT2D eigenvalue weighted by Crippen LogP contribution is 2.19. The van der Waals surface area contributed by atoms with Gasteiger partial charge in [-0.2, -0.15) is 0 Å². The molecule has 1 amide bonds. The second kappa shape index (κ2) is 7.92. The average molecular weight is 336 g/mol. The van der Waals surface area contributed by atoms with E-state index in [-0.39, 0.29) is 5.91 Å². The molecule has 0 aliphatic carbocycles. The van der Waals surface area contributed by atoms with Gasteiger partial charge in [0.1, 0.15) is 5.82 Å². The standard InChI is InChI=1S/C20H24N4O/c1-3-4-7-13-24-18-11-6-5-10-17(18)22-19(24)15-23(2)20(25)16-9-8-12-21-14-16/h5-6,8-12,14H,3-4,7,13,15H2,1-2H3. The molecule has 0 N–H and O–H groups in total. The van der Waals surface area contributed by atoms with Crippen molar-refractivity contribution in [3.8, 4) is 0 Å². The number of nitrogens with zero attached hydrogens (tertiary/aromatic N) is 4. The lowest BCUT2D eigenvalue weighted by molar-refractivity contribution is 0.0780. The quantitative estimate of drug-likeness (QED) is 0.615. The summed E-state index contributed by atoms with van der Waals surface area (Å²) in [6.45, 7) is 3.61. The largest absolute Gasteiger partial charge is 0.334 e. The predicted molar refractivity (Wildman–Crippen MR) is 99.3 cm³/mol. The minimum Gasteiger partial charge on any atom is -0.334 e. The monoisotopic (exact) mass is 336 g/mol. The van der Waals surface area contributed by atoms with Crippen LogP contribution in [0.1, 0.15) is 42.4 Å². The van der Waals surface area contributed by atoms with Crippen LogP contribution in [0, 0.1) is 0 Å². The van der Waals surface area contributed by atoms with Gasteiger partial charge in [-0.1, -0.05) is 31.9 Å². The van der Waals surface area contributed by atoms with Crippen LogP contribution in [-0.2, 0) is 13.1 Å². The van der Waals surface area contributed by atoms with Crippen LogP contribution in [0.4, 0.5) is 0 Å². The van der Waals surface area contributed by atoms with E-state index in [4.69, 9.17) is 4.98 Å². The SMILES string of the molecule is CCCCCn1c(CN(C)C(=O)c2cccnc2)nc2ccccc21. The van der Waals surface area contributed by atoms with E-state index in [1.165, 1.54) is 12.8 Å². The number of pyridine rings is 1. The summed E-state index contributed by atoms with van der Waals surface area (Å²) in [5.41, 5.74) is 2.71. The van der Waals surface area contributed by atoms with Gasteiger partial charge < -0.3 is 9.47 Å². The number of aryl methyl sites for hydroxylation is 1. The summed E-state index contributed by atoms with van der Waals surface area (Å²) < 4.78 is 2.25. The Bertz CT molecular complexity index is 841. The number of amides is 1. The molecule has 5 nitrogen and oxygen atoms in total. The van der Waals surface area contributed by atoms with Gasteiger partial charge in [0.25, 0.3) is 5.91 Å². The number of rotatable bonds is 7. The van der Waals surface area contributed by atoms with Crippen LogP contribution in [0.25, 0.3) is 11.0 Å². The predicted octanol–water partition coefficient (Wildman–Crippen LogP) is 3.89. The van der Waals surface area contributed by atoms with Gasteiger partial charge in [0.05, 0.1) is 23.1 Å². The van der Waals surface area contributed by atoms with E-state index in [1.54, 1.807) is 29.4 Å². The normalized spacial score (nSPS) is 11.0. The maximum absolute atomic E-state index is 12.6. The minimum atomic E-state index is -0.0414. The van der Waals surface area contributed by atoms with Gasteiger partial charge in [0.15, 0.2) is 0 Å². The van der Waals surface area contributed by atoms with Crippen molar-refractivity contribution in [3.05, 3.63) is 60.2 Å². The van der Waals surface area contributed by atoms with Gasteiger partial charge in [0, 0.05) is 26.0 Å². The smallest absolute Gasteiger partial charge is 0.255 e. The number of carbonyl (C=O) groups excluding carboxylic acids is 1. The third-order valence-electron chi connectivity index (χ3n) is 4.35. The van der Waals surface area contributed by atoms with E-state index in [2.05, 4.69) is 22.5 Å². The molecular weight excluding hydrogens is 312 g/mol. The van der Waals surface area contributed by atoms with Crippen molar-refractivity contribution in [1.29, 1.82) is 0 Å². The number of fused-ring (bicyclic) bond motifs is 1. The maximum Gasteiger partial charge on any atom is 0.255 e. The molecule has 0 spiro atoms. The fourth-order valence-corrected chi connectivity index (χ4v) is 3.01. The van der Waals surface area contributed by atoms with E-state index in [9.17, 15) is 4.79 Å². The van der Waals surface area contributed by atoms with Crippen LogP contribution in [0.15, 0.2) is 48.8 Å². The Balaban J connectivity index is 1.84. The van der Waals surface area contributed by atoms with Crippen molar-refractivity contribution in [1.82, 2.24) is 19.4 Å². The van der Waals surface area contributed by atoms with Gasteiger partial charge in [-0.05, 0) is 30.7 Å². The van der Waals surface area contributed by atoms with E-state index >= 15 is 0 Å². The number of aromatic nitrogens is 3. The van der Waals surface area contributed by atoms with Crippen LogP contribution >= 0.6 is 0 Å². The fourth-order valence-electron chi connectivity index (χ4n) is 3.01. The average Bonchev–Trinajstić information content (AvgIpc) is 2.99. The number of benzene rings is 1. The molecule has 3 rings (SSSR count). The molecule has 0 radical (unpaired) electrons. The summed E-state index contributed by atoms with van der Waals surface area (Å²) in [5, 5.41) is 0. The zero-order valence-corrected chi connectivity index (χ0v) is 14.9. The molecule has 0 saturated heterocycles. The van der Waals surface area contributed by atoms with Crippen LogP contribution in [0.3, 0.4) is 0 Å². The number of hydrogen-bond donors (Lipinski definition) is 0. The topological polar surface area (TPSA) is 51.0 Å². The lowest BCUT2D eigenvalue weighted by Gasteiger charge is -2.18. The number of carbonyl (C=O) groups is 1. The first-order valence-corrected chi connectivity index (χ1v) is 8.80. The lowest BCUT2D eigenvalue weighted by Crippen LogP contribution is -2.27. The van der Waals surface area contributed by atoms with E-state index in [0.29, 0.717) is 12.1 Å². The van der Waals surface area contributed by atoms with Crippen molar-refractivity contribution in [3.63, 3.8) is 0 Å². The molecule has 130 valence electrons. The van der Waals surface area contributed by atoms with Crippen LogP contribution in [0.2, 0.25) is 0 Å². The Kier molecular flexibility index (Phi) is 5.43. The highest BCUT2D eigenvalue weighted by atomic mass is 16.2. The highest BCUT2D eigenvalue weighted by Gasteiger charge is 2.16. The van der Waals surface area contributed by atoms with Gasteiger partial charge in [-0.15, -0.1) is 0 Å². The van der Waals surface area contributed by atoms with Crippen LogP contribution < -0.4 is 0 Å². The molecule has 2 heterocycles. The molecule has 3 aromatic rings. The van der Waals surface area contributed by atoms with Crippen molar-refractivity contribution in [2.45, 2.75) is 39.3 Å². The number of para-hydroxylation sites is 2. The molecule has 0 aliphatic rings. The van der Waals surface area contributed by atoms with Crippen LogP contribution in [-0.4, -0.2) is 32.4 Å². The molecule has 5 heteroatoms. The molecular formula is C20H24N4O. The molecule has 0 bridgehead atoms. The van der Waals surface area contributed by atoms with E-state index < -0.39 is 0 Å². The first kappa shape index (κ1) is 17.1.